The van der Waals surface area contributed by atoms with E-state index >= 15 is 0 Å². The number of hydrogen-bond acceptors (Lipinski definition) is 9. The number of rotatable bonds is 6. The van der Waals surface area contributed by atoms with E-state index < -0.39 is 23.2 Å². The van der Waals surface area contributed by atoms with E-state index in [4.69, 9.17) is 19.7 Å². The second kappa shape index (κ2) is 12.4. The minimum absolute atomic E-state index is 0.0182. The standard InChI is InChI=1S/C22H16N4O4.C6H12O3/c1-25(24-27)18-8-4-15(5-9-18)17-13-20(16-6-10-19(11-7-16)26(28)29)23-21(14-17)22-3-2-12-30-22;7-4-2-1-3-5(8)6(4)9/h2-14H,1H3;4-9H,1-3H2. The van der Waals surface area contributed by atoms with Crippen molar-refractivity contribution in [3.8, 4) is 33.8 Å². The number of pyridine rings is 1. The van der Waals surface area contributed by atoms with Crippen LogP contribution in [0.25, 0.3) is 33.8 Å². The molecule has 39 heavy (non-hydrogen) atoms. The summed E-state index contributed by atoms with van der Waals surface area (Å²) in [6.07, 6.45) is 1.25. The SMILES string of the molecule is CN(N=O)c1ccc(-c2cc(-c3ccc([N+](=O)[O-])cc3)nc(-c3ccco3)c2)cc1.OC1CCCC(O)C1O. The predicted octanol–water partition coefficient (Wildman–Crippen LogP) is 4.95. The summed E-state index contributed by atoms with van der Waals surface area (Å²) in [5.74, 6) is 0.613. The highest BCUT2D eigenvalue weighted by molar-refractivity contribution is 5.76. The third-order valence-electron chi connectivity index (χ3n) is 6.46. The molecular formula is C28H28N4O7. The highest BCUT2D eigenvalue weighted by atomic mass is 16.6. The van der Waals surface area contributed by atoms with E-state index in [1.807, 2.05) is 30.3 Å². The molecule has 2 aromatic carbocycles. The Morgan fingerprint density at radius 1 is 0.923 bits per heavy atom. The van der Waals surface area contributed by atoms with Gasteiger partial charge in [0.05, 0.1) is 40.1 Å². The first-order chi connectivity index (χ1) is 18.8. The average molecular weight is 533 g/mol. The van der Waals surface area contributed by atoms with Gasteiger partial charge in [-0.15, -0.1) is 4.91 Å². The van der Waals surface area contributed by atoms with E-state index in [9.17, 15) is 15.0 Å². The van der Waals surface area contributed by atoms with Gasteiger partial charge in [0.25, 0.3) is 5.69 Å². The number of furan rings is 1. The first kappa shape index (κ1) is 27.6. The Bertz CT molecular complexity index is 1380. The molecule has 4 aromatic rings. The number of benzene rings is 2. The minimum atomic E-state index is -0.918. The highest BCUT2D eigenvalue weighted by Gasteiger charge is 2.28. The molecule has 2 unspecified atom stereocenters. The molecule has 1 aliphatic rings. The van der Waals surface area contributed by atoms with Crippen molar-refractivity contribution in [2.24, 2.45) is 5.29 Å². The number of aliphatic hydroxyl groups is 3. The van der Waals surface area contributed by atoms with Crippen molar-refractivity contribution < 1.29 is 24.7 Å². The largest absolute Gasteiger partial charge is 0.463 e. The zero-order valence-corrected chi connectivity index (χ0v) is 21.1. The third-order valence-corrected chi connectivity index (χ3v) is 6.46. The number of aromatic nitrogens is 1. The van der Waals surface area contributed by atoms with Crippen LogP contribution in [0.15, 0.2) is 88.8 Å². The van der Waals surface area contributed by atoms with E-state index in [0.29, 0.717) is 35.7 Å². The fraction of sp³-hybridized carbons (Fsp3) is 0.250. The zero-order chi connectivity index (χ0) is 27.9. The van der Waals surface area contributed by atoms with Crippen molar-refractivity contribution in [3.63, 3.8) is 0 Å². The molecule has 5 rings (SSSR count). The van der Waals surface area contributed by atoms with Crippen LogP contribution in [0, 0.1) is 15.0 Å². The van der Waals surface area contributed by atoms with Crippen molar-refractivity contribution in [1.82, 2.24) is 4.98 Å². The molecule has 1 saturated carbocycles. The summed E-state index contributed by atoms with van der Waals surface area (Å²) in [6.45, 7) is 0. The van der Waals surface area contributed by atoms with Gasteiger partial charge in [-0.2, -0.15) is 0 Å². The Balaban J connectivity index is 0.000000333. The molecule has 0 amide bonds. The van der Waals surface area contributed by atoms with Gasteiger partial charge in [0.2, 0.25) is 0 Å². The van der Waals surface area contributed by atoms with Crippen molar-refractivity contribution in [2.75, 3.05) is 12.1 Å². The monoisotopic (exact) mass is 532 g/mol. The Labute approximate surface area is 224 Å². The summed E-state index contributed by atoms with van der Waals surface area (Å²) < 4.78 is 5.51. The molecular weight excluding hydrogens is 504 g/mol. The van der Waals surface area contributed by atoms with Gasteiger partial charge in [-0.25, -0.2) is 9.99 Å². The molecule has 202 valence electrons. The molecule has 2 aromatic heterocycles. The summed E-state index contributed by atoms with van der Waals surface area (Å²) >= 11 is 0. The lowest BCUT2D eigenvalue weighted by atomic mass is 9.92. The van der Waals surface area contributed by atoms with Crippen molar-refractivity contribution in [1.29, 1.82) is 0 Å². The Kier molecular flexibility index (Phi) is 8.77. The number of nitroso groups, excluding NO2 is 1. The van der Waals surface area contributed by atoms with Gasteiger partial charge in [0, 0.05) is 24.7 Å². The number of aliphatic hydroxyl groups excluding tert-OH is 3. The van der Waals surface area contributed by atoms with Gasteiger partial charge >= 0.3 is 0 Å². The van der Waals surface area contributed by atoms with Gasteiger partial charge in [-0.1, -0.05) is 12.1 Å². The molecule has 0 bridgehead atoms. The Hall–Kier alpha value is -4.45. The van der Waals surface area contributed by atoms with Crippen molar-refractivity contribution in [3.05, 3.63) is 94.1 Å². The second-order valence-electron chi connectivity index (χ2n) is 9.12. The maximum absolute atomic E-state index is 10.9. The van der Waals surface area contributed by atoms with E-state index in [2.05, 4.69) is 10.3 Å². The Morgan fingerprint density at radius 2 is 1.54 bits per heavy atom. The lowest BCUT2D eigenvalue weighted by molar-refractivity contribution is -0.384. The van der Waals surface area contributed by atoms with Crippen LogP contribution in [0.5, 0.6) is 0 Å². The summed E-state index contributed by atoms with van der Waals surface area (Å²) in [5, 5.41) is 41.9. The van der Waals surface area contributed by atoms with E-state index in [1.165, 1.54) is 17.1 Å². The van der Waals surface area contributed by atoms with Crippen LogP contribution in [0.2, 0.25) is 0 Å². The van der Waals surface area contributed by atoms with Crippen LogP contribution in [-0.2, 0) is 0 Å². The molecule has 2 atom stereocenters. The summed E-state index contributed by atoms with van der Waals surface area (Å²) in [5.41, 5.74) is 4.53. The first-order valence-electron chi connectivity index (χ1n) is 12.3. The Morgan fingerprint density at radius 3 is 2.08 bits per heavy atom. The molecule has 3 N–H and O–H groups in total. The highest BCUT2D eigenvalue weighted by Crippen LogP contribution is 2.32. The van der Waals surface area contributed by atoms with Crippen LogP contribution in [0.1, 0.15) is 19.3 Å². The topological polar surface area (TPSA) is 163 Å². The van der Waals surface area contributed by atoms with Gasteiger partial charge in [0.1, 0.15) is 11.8 Å². The van der Waals surface area contributed by atoms with Crippen molar-refractivity contribution >= 4 is 11.4 Å². The number of nitrogens with zero attached hydrogens (tertiary/aromatic N) is 4. The maximum atomic E-state index is 10.9. The predicted molar refractivity (Wildman–Crippen MR) is 146 cm³/mol. The molecule has 0 saturated heterocycles. The zero-order valence-electron chi connectivity index (χ0n) is 21.1. The van der Waals surface area contributed by atoms with Crippen molar-refractivity contribution in [2.45, 2.75) is 37.6 Å². The van der Waals surface area contributed by atoms with E-state index in [1.54, 1.807) is 43.6 Å². The molecule has 11 nitrogen and oxygen atoms in total. The summed E-state index contributed by atoms with van der Waals surface area (Å²) in [6, 6.07) is 21.0. The first-order valence-corrected chi connectivity index (χ1v) is 12.3. The third kappa shape index (κ3) is 6.71. The second-order valence-corrected chi connectivity index (χ2v) is 9.12. The van der Waals surface area contributed by atoms with Crippen LogP contribution in [-0.4, -0.2) is 50.6 Å². The average Bonchev–Trinajstić information content (AvgIpc) is 3.51. The van der Waals surface area contributed by atoms with Crippen LogP contribution in [0.4, 0.5) is 11.4 Å². The number of non-ortho nitro benzene ring substituents is 1. The number of anilines is 1. The van der Waals surface area contributed by atoms with Gasteiger partial charge in [-0.05, 0) is 78.9 Å². The molecule has 0 aliphatic heterocycles. The van der Waals surface area contributed by atoms with E-state index in [0.717, 1.165) is 23.1 Å². The van der Waals surface area contributed by atoms with Crippen LogP contribution in [0.3, 0.4) is 0 Å². The van der Waals surface area contributed by atoms with Gasteiger partial charge < -0.3 is 19.7 Å². The molecule has 1 aliphatic carbocycles. The quantitative estimate of drug-likeness (QED) is 0.177. The molecule has 0 radical (unpaired) electrons. The summed E-state index contributed by atoms with van der Waals surface area (Å²) in [4.78, 5) is 25.9. The number of hydrogen-bond donors (Lipinski definition) is 3. The fourth-order valence-corrected chi connectivity index (χ4v) is 4.20. The smallest absolute Gasteiger partial charge is 0.269 e. The lowest BCUT2D eigenvalue weighted by Gasteiger charge is -2.27. The number of nitro benzene ring substituents is 1. The van der Waals surface area contributed by atoms with Crippen LogP contribution < -0.4 is 5.01 Å². The van der Waals surface area contributed by atoms with Gasteiger partial charge in [-0.3, -0.25) is 10.1 Å². The minimum Gasteiger partial charge on any atom is -0.463 e. The fourth-order valence-electron chi connectivity index (χ4n) is 4.20. The molecule has 0 spiro atoms. The molecule has 2 heterocycles. The molecule has 1 fully saturated rings. The van der Waals surface area contributed by atoms with Gasteiger partial charge in [0.15, 0.2) is 5.76 Å². The summed E-state index contributed by atoms with van der Waals surface area (Å²) in [7, 11) is 1.58. The molecule has 11 heteroatoms. The normalized spacial score (nSPS) is 18.5. The van der Waals surface area contributed by atoms with E-state index in [-0.39, 0.29) is 5.69 Å². The maximum Gasteiger partial charge on any atom is 0.269 e. The lowest BCUT2D eigenvalue weighted by Crippen LogP contribution is -2.40. The number of nitro groups is 1. The van der Waals surface area contributed by atoms with Crippen LogP contribution >= 0.6 is 0 Å².